The van der Waals surface area contributed by atoms with Crippen molar-refractivity contribution in [1.29, 1.82) is 0 Å². The van der Waals surface area contributed by atoms with Gasteiger partial charge in [0.1, 0.15) is 0 Å². The molecule has 4 nitrogen and oxygen atoms in total. The molecule has 0 heterocycles. The largest absolute Gasteiger partial charge is 0.353 e. The van der Waals surface area contributed by atoms with Crippen LogP contribution in [0.1, 0.15) is 58.3 Å². The van der Waals surface area contributed by atoms with Crippen molar-refractivity contribution in [3.8, 4) is 0 Å². The van der Waals surface area contributed by atoms with Crippen LogP contribution in [0.25, 0.3) is 0 Å². The van der Waals surface area contributed by atoms with Crippen molar-refractivity contribution in [2.45, 2.75) is 70.4 Å². The van der Waals surface area contributed by atoms with Crippen molar-refractivity contribution >= 4 is 5.96 Å². The summed E-state index contributed by atoms with van der Waals surface area (Å²) in [5.41, 5.74) is 2.73. The highest BCUT2D eigenvalue weighted by Crippen LogP contribution is 2.24. The Morgan fingerprint density at radius 3 is 2.47 bits per heavy atom. The molecule has 4 heteroatoms. The van der Waals surface area contributed by atoms with Crippen LogP contribution in [-0.2, 0) is 0 Å². The van der Waals surface area contributed by atoms with E-state index in [4.69, 9.17) is 10.8 Å². The minimum atomic E-state index is 0.473. The fourth-order valence-electron chi connectivity index (χ4n) is 3.04. The lowest BCUT2D eigenvalue weighted by atomic mass is 9.96. The first-order valence-corrected chi connectivity index (χ1v) is 7.09. The summed E-state index contributed by atoms with van der Waals surface area (Å²) >= 11 is 0. The number of nitrogens with zero attached hydrogens (tertiary/aromatic N) is 1. The summed E-state index contributed by atoms with van der Waals surface area (Å²) in [6, 6.07) is 1.03. The SMILES string of the molecule is CC1CCC(NC(=NC2CCCCC2)NN)C1. The van der Waals surface area contributed by atoms with E-state index in [2.05, 4.69) is 17.7 Å². The number of guanidine groups is 1. The van der Waals surface area contributed by atoms with Gasteiger partial charge in [0.15, 0.2) is 0 Å². The molecule has 0 bridgehead atoms. The van der Waals surface area contributed by atoms with E-state index in [9.17, 15) is 0 Å². The Morgan fingerprint density at radius 2 is 1.88 bits per heavy atom. The number of nitrogens with two attached hydrogens (primary N) is 1. The average Bonchev–Trinajstić information content (AvgIpc) is 2.75. The maximum atomic E-state index is 5.56. The average molecular weight is 238 g/mol. The molecule has 0 aliphatic heterocycles. The summed E-state index contributed by atoms with van der Waals surface area (Å²) in [5, 5.41) is 3.46. The van der Waals surface area contributed by atoms with E-state index in [1.165, 1.54) is 51.4 Å². The second kappa shape index (κ2) is 6.24. The third-order valence-electron chi connectivity index (χ3n) is 4.06. The Kier molecular flexibility index (Phi) is 4.66. The zero-order valence-electron chi connectivity index (χ0n) is 10.9. The van der Waals surface area contributed by atoms with Gasteiger partial charge in [0.25, 0.3) is 0 Å². The zero-order chi connectivity index (χ0) is 12.1. The van der Waals surface area contributed by atoms with Crippen LogP contribution in [0.15, 0.2) is 4.99 Å². The highest BCUT2D eigenvalue weighted by molar-refractivity contribution is 5.79. The van der Waals surface area contributed by atoms with Crippen molar-refractivity contribution in [3.63, 3.8) is 0 Å². The van der Waals surface area contributed by atoms with Gasteiger partial charge in [-0.1, -0.05) is 26.2 Å². The first-order valence-electron chi connectivity index (χ1n) is 7.09. The zero-order valence-corrected chi connectivity index (χ0v) is 10.9. The Hall–Kier alpha value is -0.770. The van der Waals surface area contributed by atoms with Gasteiger partial charge in [-0.25, -0.2) is 10.8 Å². The highest BCUT2D eigenvalue weighted by atomic mass is 15.3. The molecule has 0 saturated heterocycles. The molecule has 0 spiro atoms. The quantitative estimate of drug-likeness (QED) is 0.298. The molecule has 2 aliphatic rings. The summed E-state index contributed by atoms with van der Waals surface area (Å²) < 4.78 is 0. The van der Waals surface area contributed by atoms with E-state index in [1.807, 2.05) is 0 Å². The van der Waals surface area contributed by atoms with E-state index < -0.39 is 0 Å². The summed E-state index contributed by atoms with van der Waals surface area (Å²) in [7, 11) is 0. The molecule has 0 aromatic rings. The third kappa shape index (κ3) is 3.87. The Morgan fingerprint density at radius 1 is 1.12 bits per heavy atom. The molecular weight excluding hydrogens is 212 g/mol. The summed E-state index contributed by atoms with van der Waals surface area (Å²) in [5.74, 6) is 7.20. The molecule has 2 rings (SSSR count). The molecule has 2 aliphatic carbocycles. The van der Waals surface area contributed by atoms with E-state index in [0.717, 1.165) is 11.9 Å². The predicted molar refractivity (Wildman–Crippen MR) is 71.6 cm³/mol. The van der Waals surface area contributed by atoms with Gasteiger partial charge in [0.05, 0.1) is 6.04 Å². The molecule has 0 radical (unpaired) electrons. The number of hydrogen-bond donors (Lipinski definition) is 3. The second-order valence-electron chi connectivity index (χ2n) is 5.67. The third-order valence-corrected chi connectivity index (χ3v) is 4.06. The standard InChI is InChI=1S/C13H26N4/c1-10-7-8-12(9-10)16-13(17-14)15-11-5-3-2-4-6-11/h10-12H,2-9,14H2,1H3,(H2,15,16,17). The van der Waals surface area contributed by atoms with Crippen molar-refractivity contribution in [2.24, 2.45) is 16.8 Å². The molecule has 2 atom stereocenters. The van der Waals surface area contributed by atoms with Crippen LogP contribution in [-0.4, -0.2) is 18.0 Å². The molecule has 0 aromatic heterocycles. The number of rotatable bonds is 2. The fourth-order valence-corrected chi connectivity index (χ4v) is 3.04. The molecular formula is C13H26N4. The van der Waals surface area contributed by atoms with E-state index in [-0.39, 0.29) is 0 Å². The smallest absolute Gasteiger partial charge is 0.206 e. The number of aliphatic imine (C=N–C) groups is 1. The Bertz CT molecular complexity index is 258. The topological polar surface area (TPSA) is 62.4 Å². The van der Waals surface area contributed by atoms with Gasteiger partial charge in [-0.05, 0) is 38.0 Å². The highest BCUT2D eigenvalue weighted by Gasteiger charge is 2.22. The van der Waals surface area contributed by atoms with Gasteiger partial charge in [0.2, 0.25) is 5.96 Å². The van der Waals surface area contributed by atoms with Crippen LogP contribution in [0, 0.1) is 5.92 Å². The molecule has 98 valence electrons. The lowest BCUT2D eigenvalue weighted by Crippen LogP contribution is -2.46. The van der Waals surface area contributed by atoms with Gasteiger partial charge >= 0.3 is 0 Å². The van der Waals surface area contributed by atoms with Gasteiger partial charge in [0, 0.05) is 6.04 Å². The van der Waals surface area contributed by atoms with E-state index in [0.29, 0.717) is 12.1 Å². The Labute approximate surface area is 104 Å². The van der Waals surface area contributed by atoms with Crippen LogP contribution in [0.2, 0.25) is 0 Å². The van der Waals surface area contributed by atoms with Crippen LogP contribution in [0.3, 0.4) is 0 Å². The lowest BCUT2D eigenvalue weighted by molar-refractivity contribution is 0.439. The van der Waals surface area contributed by atoms with Gasteiger partial charge in [-0.15, -0.1) is 0 Å². The van der Waals surface area contributed by atoms with Crippen molar-refractivity contribution in [1.82, 2.24) is 10.7 Å². The molecule has 17 heavy (non-hydrogen) atoms. The first kappa shape index (κ1) is 12.7. The van der Waals surface area contributed by atoms with Gasteiger partial charge in [-0.2, -0.15) is 0 Å². The minimum absolute atomic E-state index is 0.473. The first-order chi connectivity index (χ1) is 8.28. The van der Waals surface area contributed by atoms with Crippen LogP contribution in [0.5, 0.6) is 0 Å². The van der Waals surface area contributed by atoms with Gasteiger partial charge < -0.3 is 5.32 Å². The summed E-state index contributed by atoms with van der Waals surface area (Å²) in [6.07, 6.45) is 10.2. The molecule has 4 N–H and O–H groups in total. The normalized spacial score (nSPS) is 31.5. The van der Waals surface area contributed by atoms with Crippen LogP contribution in [0.4, 0.5) is 0 Å². The van der Waals surface area contributed by atoms with E-state index >= 15 is 0 Å². The van der Waals surface area contributed by atoms with Crippen molar-refractivity contribution in [3.05, 3.63) is 0 Å². The molecule has 2 saturated carbocycles. The van der Waals surface area contributed by atoms with Gasteiger partial charge in [-0.3, -0.25) is 5.43 Å². The monoisotopic (exact) mass is 238 g/mol. The number of hydrogen-bond acceptors (Lipinski definition) is 2. The molecule has 0 aromatic carbocycles. The second-order valence-corrected chi connectivity index (χ2v) is 5.67. The van der Waals surface area contributed by atoms with Crippen LogP contribution < -0.4 is 16.6 Å². The predicted octanol–water partition coefficient (Wildman–Crippen LogP) is 1.92. The maximum absolute atomic E-state index is 5.56. The molecule has 2 unspecified atom stereocenters. The molecule has 0 amide bonds. The Balaban J connectivity index is 1.84. The maximum Gasteiger partial charge on any atom is 0.206 e. The minimum Gasteiger partial charge on any atom is -0.353 e. The number of hydrazine groups is 1. The summed E-state index contributed by atoms with van der Waals surface area (Å²) in [4.78, 5) is 4.71. The van der Waals surface area contributed by atoms with E-state index in [1.54, 1.807) is 0 Å². The molecule has 2 fully saturated rings. The van der Waals surface area contributed by atoms with Crippen molar-refractivity contribution < 1.29 is 0 Å². The summed E-state index contributed by atoms with van der Waals surface area (Å²) in [6.45, 7) is 2.31. The lowest BCUT2D eigenvalue weighted by Gasteiger charge is -2.21. The van der Waals surface area contributed by atoms with Crippen LogP contribution >= 0.6 is 0 Å². The van der Waals surface area contributed by atoms with Crippen molar-refractivity contribution in [2.75, 3.05) is 0 Å². The fraction of sp³-hybridized carbons (Fsp3) is 0.923. The number of nitrogens with one attached hydrogen (secondary N) is 2.